The molecular weight excluding hydrogens is 640 g/mol. The first-order valence-electron chi connectivity index (χ1n) is 20.4. The van der Waals surface area contributed by atoms with Crippen molar-refractivity contribution in [2.24, 2.45) is 40.4 Å². The number of aliphatic hydroxyl groups excluding tert-OH is 2. The summed E-state index contributed by atoms with van der Waals surface area (Å²) in [5.74, 6) is 2.42. The van der Waals surface area contributed by atoms with Crippen molar-refractivity contribution in [1.82, 2.24) is 20.0 Å². The van der Waals surface area contributed by atoms with E-state index >= 15 is 0 Å². The maximum Gasteiger partial charge on any atom is 0.245 e. The molecule has 51 heavy (non-hydrogen) atoms. The summed E-state index contributed by atoms with van der Waals surface area (Å²) in [6, 6.07) is 8.70. The number of fused-ring (bicyclic) bond motifs is 5. The van der Waals surface area contributed by atoms with Gasteiger partial charge in [0.25, 0.3) is 0 Å². The first kappa shape index (κ1) is 36.9. The van der Waals surface area contributed by atoms with Crippen LogP contribution in [0.4, 0.5) is 0 Å². The smallest absolute Gasteiger partial charge is 0.245 e. The van der Waals surface area contributed by atoms with Crippen molar-refractivity contribution < 1.29 is 24.6 Å². The highest BCUT2D eigenvalue weighted by Crippen LogP contribution is 2.66. The van der Waals surface area contributed by atoms with Gasteiger partial charge in [-0.2, -0.15) is 0 Å². The summed E-state index contributed by atoms with van der Waals surface area (Å²) in [5.41, 5.74) is 1.24. The standard InChI is InChI=1S/C42H64N4O5/c1-27(2)23-38(49)46-18-8-11-34(46)39(50)43-33(24-28-9-6-5-7-10-28)40(51)45-21-19-44(20-22-45)35-26-42(4)29(25-36(35)47)12-13-30-31-14-15-37(48)41(31,3)17-16-32(30)42/h5-7,9-10,27,29-37,47-48H,8,11-26H2,1-4H3,(H,43,50)/t29-,30-,31-,32-,33-,34-,35-,36-,37-,41-,42-/m0/s1. The molecule has 0 aromatic heterocycles. The number of benzene rings is 1. The zero-order valence-electron chi connectivity index (χ0n) is 31.6. The van der Waals surface area contributed by atoms with E-state index in [1.165, 1.54) is 19.3 Å². The second kappa shape index (κ2) is 14.7. The molecule has 2 heterocycles. The number of rotatable bonds is 8. The monoisotopic (exact) mass is 704 g/mol. The number of hydrogen-bond acceptors (Lipinski definition) is 6. The first-order chi connectivity index (χ1) is 24.4. The van der Waals surface area contributed by atoms with Gasteiger partial charge < -0.3 is 25.3 Å². The fourth-order valence-electron chi connectivity index (χ4n) is 12.2. The van der Waals surface area contributed by atoms with Crippen molar-refractivity contribution >= 4 is 17.7 Å². The number of hydrogen-bond donors (Lipinski definition) is 3. The molecule has 1 aromatic rings. The number of carbonyl (C=O) groups excluding carboxylic acids is 3. The lowest BCUT2D eigenvalue weighted by atomic mass is 9.44. The fourth-order valence-corrected chi connectivity index (χ4v) is 12.2. The van der Waals surface area contributed by atoms with Crippen LogP contribution in [-0.4, -0.2) is 106 Å². The predicted octanol–water partition coefficient (Wildman–Crippen LogP) is 4.64. The van der Waals surface area contributed by atoms with Crippen molar-refractivity contribution in [3.05, 3.63) is 35.9 Å². The Bertz CT molecular complexity index is 1410. The number of likely N-dealkylation sites (tertiary alicyclic amines) is 1. The highest BCUT2D eigenvalue weighted by Gasteiger charge is 2.61. The molecule has 2 aliphatic heterocycles. The lowest BCUT2D eigenvalue weighted by molar-refractivity contribution is -0.157. The molecule has 7 rings (SSSR count). The lowest BCUT2D eigenvalue weighted by Crippen LogP contribution is -2.63. The van der Waals surface area contributed by atoms with Crippen LogP contribution in [0.2, 0.25) is 0 Å². The number of nitrogens with zero attached hydrogens (tertiary/aromatic N) is 3. The van der Waals surface area contributed by atoms with Gasteiger partial charge in [-0.1, -0.05) is 58.0 Å². The second-order valence-electron chi connectivity index (χ2n) is 18.3. The number of piperazine rings is 1. The summed E-state index contributed by atoms with van der Waals surface area (Å²) in [6.07, 6.45) is 10.4. The predicted molar refractivity (Wildman–Crippen MR) is 197 cm³/mol. The normalized spacial score (nSPS) is 38.9. The topological polar surface area (TPSA) is 113 Å². The van der Waals surface area contributed by atoms with Crippen molar-refractivity contribution in [1.29, 1.82) is 0 Å². The van der Waals surface area contributed by atoms with Gasteiger partial charge in [-0.3, -0.25) is 19.3 Å². The molecule has 9 nitrogen and oxygen atoms in total. The van der Waals surface area contributed by atoms with E-state index in [4.69, 9.17) is 0 Å². The van der Waals surface area contributed by atoms with Crippen LogP contribution in [-0.2, 0) is 20.8 Å². The Balaban J connectivity index is 1.01. The van der Waals surface area contributed by atoms with Crippen LogP contribution in [0.15, 0.2) is 30.3 Å². The van der Waals surface area contributed by atoms with Crippen LogP contribution in [0.5, 0.6) is 0 Å². The molecule has 0 unspecified atom stereocenters. The Morgan fingerprint density at radius 3 is 2.33 bits per heavy atom. The molecule has 6 fully saturated rings. The first-order valence-corrected chi connectivity index (χ1v) is 20.4. The zero-order valence-corrected chi connectivity index (χ0v) is 31.6. The van der Waals surface area contributed by atoms with Crippen molar-refractivity contribution in [2.75, 3.05) is 32.7 Å². The van der Waals surface area contributed by atoms with E-state index in [0.29, 0.717) is 75.7 Å². The largest absolute Gasteiger partial charge is 0.393 e. The van der Waals surface area contributed by atoms with Gasteiger partial charge in [0.2, 0.25) is 17.7 Å². The van der Waals surface area contributed by atoms with Gasteiger partial charge in [0, 0.05) is 51.6 Å². The molecule has 11 atom stereocenters. The molecule has 6 aliphatic rings. The van der Waals surface area contributed by atoms with E-state index in [1.807, 2.05) is 49.1 Å². The second-order valence-corrected chi connectivity index (χ2v) is 18.3. The molecular formula is C42H64N4O5. The lowest BCUT2D eigenvalue weighted by Gasteiger charge is -2.62. The molecule has 0 radical (unpaired) electrons. The minimum absolute atomic E-state index is 0.0119. The van der Waals surface area contributed by atoms with Crippen LogP contribution in [0.3, 0.4) is 0 Å². The third-order valence-corrected chi connectivity index (χ3v) is 15.1. The quantitative estimate of drug-likeness (QED) is 0.364. The van der Waals surface area contributed by atoms with Crippen molar-refractivity contribution in [2.45, 2.75) is 135 Å². The van der Waals surface area contributed by atoms with E-state index in [0.717, 1.165) is 44.1 Å². The minimum atomic E-state index is -0.709. The molecule has 3 N–H and O–H groups in total. The Kier molecular flexibility index (Phi) is 10.6. The minimum Gasteiger partial charge on any atom is -0.393 e. The van der Waals surface area contributed by atoms with Crippen LogP contribution >= 0.6 is 0 Å². The molecule has 0 bridgehead atoms. The number of aliphatic hydroxyl groups is 2. The summed E-state index contributed by atoms with van der Waals surface area (Å²) in [4.78, 5) is 47.1. The zero-order chi connectivity index (χ0) is 36.1. The van der Waals surface area contributed by atoms with Gasteiger partial charge in [0.05, 0.1) is 12.2 Å². The van der Waals surface area contributed by atoms with Crippen molar-refractivity contribution in [3.63, 3.8) is 0 Å². The van der Waals surface area contributed by atoms with E-state index in [1.54, 1.807) is 4.90 Å². The number of nitrogens with one attached hydrogen (secondary N) is 1. The highest BCUT2D eigenvalue weighted by atomic mass is 16.3. The van der Waals surface area contributed by atoms with Crippen LogP contribution in [0, 0.1) is 40.4 Å². The molecule has 4 aliphatic carbocycles. The molecule has 282 valence electrons. The van der Waals surface area contributed by atoms with E-state index < -0.39 is 12.1 Å². The summed E-state index contributed by atoms with van der Waals surface area (Å²) in [7, 11) is 0. The average Bonchev–Trinajstić information content (AvgIpc) is 3.73. The van der Waals surface area contributed by atoms with Gasteiger partial charge >= 0.3 is 0 Å². The average molecular weight is 705 g/mol. The van der Waals surface area contributed by atoms with Gasteiger partial charge in [0.15, 0.2) is 0 Å². The summed E-state index contributed by atoms with van der Waals surface area (Å²) >= 11 is 0. The van der Waals surface area contributed by atoms with Gasteiger partial charge in [-0.25, -0.2) is 0 Å². The Hall–Kier alpha value is -2.49. The maximum absolute atomic E-state index is 14.2. The molecule has 2 saturated heterocycles. The Labute approximate surface area is 305 Å². The maximum atomic E-state index is 14.2. The molecule has 9 heteroatoms. The summed E-state index contributed by atoms with van der Waals surface area (Å²) < 4.78 is 0. The fraction of sp³-hybridized carbons (Fsp3) is 0.786. The number of carbonyl (C=O) groups is 3. The van der Waals surface area contributed by atoms with E-state index in [2.05, 4.69) is 24.1 Å². The highest BCUT2D eigenvalue weighted by molar-refractivity contribution is 5.92. The van der Waals surface area contributed by atoms with Crippen molar-refractivity contribution in [3.8, 4) is 0 Å². The Morgan fingerprint density at radius 1 is 0.882 bits per heavy atom. The van der Waals surface area contributed by atoms with Gasteiger partial charge in [-0.15, -0.1) is 0 Å². The van der Waals surface area contributed by atoms with Crippen LogP contribution in [0.25, 0.3) is 0 Å². The van der Waals surface area contributed by atoms with Crippen LogP contribution < -0.4 is 5.32 Å². The third kappa shape index (κ3) is 7.01. The van der Waals surface area contributed by atoms with E-state index in [-0.39, 0.29) is 52.7 Å². The number of amides is 3. The Morgan fingerprint density at radius 2 is 1.61 bits per heavy atom. The SMILES string of the molecule is CC(C)CC(=O)N1CCC[C@H]1C(=O)N[C@@H](Cc1ccccc1)C(=O)N1CCN([C@H]2C[C@@]3(C)[C@@H](CC[C@@H]4[C@@H]3CC[C@]3(C)[C@@H](O)CC[C@@H]43)C[C@@H]2O)CC1. The van der Waals surface area contributed by atoms with Gasteiger partial charge in [0.1, 0.15) is 12.1 Å². The summed E-state index contributed by atoms with van der Waals surface area (Å²) in [5, 5.41) is 25.7. The molecule has 0 spiro atoms. The molecule has 4 saturated carbocycles. The van der Waals surface area contributed by atoms with Crippen LogP contribution in [0.1, 0.15) is 104 Å². The summed E-state index contributed by atoms with van der Waals surface area (Å²) in [6.45, 7) is 12.0. The molecule has 1 aromatic carbocycles. The third-order valence-electron chi connectivity index (χ3n) is 15.1. The van der Waals surface area contributed by atoms with E-state index in [9.17, 15) is 24.6 Å². The van der Waals surface area contributed by atoms with Gasteiger partial charge in [-0.05, 0) is 110 Å². The molecule has 3 amide bonds.